The Morgan fingerprint density at radius 1 is 1.23 bits per heavy atom. The van der Waals surface area contributed by atoms with Gasteiger partial charge in [-0.3, -0.25) is 14.4 Å². The van der Waals surface area contributed by atoms with E-state index in [9.17, 15) is 4.79 Å². The number of carbonyl (C=O) groups is 1. The van der Waals surface area contributed by atoms with Crippen LogP contribution in [0.1, 0.15) is 44.7 Å². The Kier molecular flexibility index (Phi) is 5.07. The highest BCUT2D eigenvalue weighted by molar-refractivity contribution is 6.06. The number of nitrogens with one attached hydrogen (secondary N) is 1. The van der Waals surface area contributed by atoms with Crippen molar-refractivity contribution in [2.45, 2.75) is 32.7 Å². The largest absolute Gasteiger partial charge is 0.321 e. The van der Waals surface area contributed by atoms with E-state index in [0.717, 1.165) is 40.9 Å². The highest BCUT2D eigenvalue weighted by Crippen LogP contribution is 2.30. The summed E-state index contributed by atoms with van der Waals surface area (Å²) < 4.78 is 3.77. The van der Waals surface area contributed by atoms with Crippen LogP contribution in [-0.2, 0) is 12.6 Å². The van der Waals surface area contributed by atoms with Gasteiger partial charge in [0, 0.05) is 31.8 Å². The highest BCUT2D eigenvalue weighted by Gasteiger charge is 2.31. The Bertz CT molecular complexity index is 1230. The first-order valence-electron chi connectivity index (χ1n) is 10.3. The molecule has 0 aliphatic carbocycles. The quantitative estimate of drug-likeness (QED) is 0.518. The average Bonchev–Trinajstić information content (AvgIpc) is 3.35. The van der Waals surface area contributed by atoms with E-state index in [2.05, 4.69) is 49.3 Å². The van der Waals surface area contributed by atoms with Crippen molar-refractivity contribution in [3.05, 3.63) is 60.2 Å². The summed E-state index contributed by atoms with van der Waals surface area (Å²) in [5.74, 6) is -0.149. The van der Waals surface area contributed by atoms with Gasteiger partial charge in [-0.2, -0.15) is 5.10 Å². The summed E-state index contributed by atoms with van der Waals surface area (Å²) in [6, 6.07) is 9.42. The maximum atomic E-state index is 12.8. The molecule has 1 atom stereocenters. The summed E-state index contributed by atoms with van der Waals surface area (Å²) in [4.78, 5) is 19.9. The number of hydrogen-bond donors (Lipinski definition) is 1. The van der Waals surface area contributed by atoms with E-state index in [1.807, 2.05) is 48.0 Å². The molecule has 1 unspecified atom stereocenters. The summed E-state index contributed by atoms with van der Waals surface area (Å²) in [5, 5.41) is 8.17. The predicted octanol–water partition coefficient (Wildman–Crippen LogP) is 4.30. The second kappa shape index (κ2) is 7.57. The molecule has 4 rings (SSSR count). The molecule has 30 heavy (non-hydrogen) atoms. The fraction of sp³-hybridized carbons (Fsp3) is 0.348. The van der Waals surface area contributed by atoms with Crippen molar-refractivity contribution < 1.29 is 6.22 Å². The molecule has 0 saturated heterocycles. The van der Waals surface area contributed by atoms with Gasteiger partial charge in [0.1, 0.15) is 5.65 Å². The number of hydrogen-bond acceptors (Lipinski definition) is 4. The molecule has 158 valence electrons. The molecule has 1 amide bonds. The fourth-order valence-corrected chi connectivity index (χ4v) is 3.83. The summed E-state index contributed by atoms with van der Waals surface area (Å²) >= 11 is 0. The van der Waals surface area contributed by atoms with Gasteiger partial charge in [0.15, 0.2) is 0 Å². The second-order valence-electron chi connectivity index (χ2n) is 7.95. The van der Waals surface area contributed by atoms with Gasteiger partial charge in [0.25, 0.3) is 5.91 Å². The molecular formula is C23H30N6O. The standard InChI is InChI=1S/C23H28N6O.H2/c1-6-23(3,27(4)7-2)20-15-29-14-18(9-11-21(29)26-20)25-22(30)16-8-10-19-17(12-16)13-24-28(19)5;/h8-15H,6-7H2,1-5H3,(H,25,30);1H. The molecule has 1 aromatic carbocycles. The molecule has 0 saturated carbocycles. The summed E-state index contributed by atoms with van der Waals surface area (Å²) in [5.41, 5.74) is 4.08. The van der Waals surface area contributed by atoms with E-state index < -0.39 is 0 Å². The molecule has 0 radical (unpaired) electrons. The summed E-state index contributed by atoms with van der Waals surface area (Å²) in [6.07, 6.45) is 6.70. The van der Waals surface area contributed by atoms with E-state index >= 15 is 0 Å². The predicted molar refractivity (Wildman–Crippen MR) is 122 cm³/mol. The molecule has 3 heterocycles. The smallest absolute Gasteiger partial charge is 0.255 e. The lowest BCUT2D eigenvalue weighted by Gasteiger charge is -2.36. The number of benzene rings is 1. The van der Waals surface area contributed by atoms with Crippen molar-refractivity contribution in [3.8, 4) is 0 Å². The zero-order valence-corrected chi connectivity index (χ0v) is 18.2. The lowest BCUT2D eigenvalue weighted by molar-refractivity contribution is 0.102. The van der Waals surface area contributed by atoms with Crippen LogP contribution in [0.15, 0.2) is 48.9 Å². The number of carbonyl (C=O) groups excluding carboxylic acids is 1. The first-order valence-corrected chi connectivity index (χ1v) is 10.3. The van der Waals surface area contributed by atoms with Crippen molar-refractivity contribution in [3.63, 3.8) is 0 Å². The van der Waals surface area contributed by atoms with Gasteiger partial charge in [-0.05, 0) is 57.3 Å². The molecule has 0 aliphatic rings. The zero-order chi connectivity index (χ0) is 21.5. The second-order valence-corrected chi connectivity index (χ2v) is 7.95. The molecule has 0 aliphatic heterocycles. The zero-order valence-electron chi connectivity index (χ0n) is 18.2. The molecular weight excluding hydrogens is 376 g/mol. The van der Waals surface area contributed by atoms with Crippen LogP contribution in [0.5, 0.6) is 0 Å². The van der Waals surface area contributed by atoms with Gasteiger partial charge in [-0.1, -0.05) is 13.8 Å². The Balaban J connectivity index is 0.00000272. The first kappa shape index (κ1) is 20.1. The van der Waals surface area contributed by atoms with Crippen molar-refractivity contribution in [1.82, 2.24) is 24.1 Å². The van der Waals surface area contributed by atoms with Crippen LogP contribution >= 0.6 is 0 Å². The van der Waals surface area contributed by atoms with Gasteiger partial charge in [-0.15, -0.1) is 0 Å². The number of aryl methyl sites for hydroxylation is 1. The van der Waals surface area contributed by atoms with Crippen molar-refractivity contribution in [2.75, 3.05) is 18.9 Å². The molecule has 0 spiro atoms. The minimum atomic E-state index is -0.149. The maximum absolute atomic E-state index is 12.8. The van der Waals surface area contributed by atoms with Crippen LogP contribution in [0.4, 0.5) is 5.69 Å². The third-order valence-electron chi connectivity index (χ3n) is 6.27. The topological polar surface area (TPSA) is 67.5 Å². The van der Waals surface area contributed by atoms with Crippen LogP contribution < -0.4 is 5.32 Å². The summed E-state index contributed by atoms with van der Waals surface area (Å²) in [6.45, 7) is 7.50. The van der Waals surface area contributed by atoms with Crippen molar-refractivity contribution >= 4 is 28.1 Å². The number of anilines is 1. The van der Waals surface area contributed by atoms with Gasteiger partial charge in [0.2, 0.25) is 0 Å². The first-order chi connectivity index (χ1) is 14.4. The lowest BCUT2D eigenvalue weighted by Crippen LogP contribution is -2.40. The van der Waals surface area contributed by atoms with E-state index in [-0.39, 0.29) is 12.9 Å². The Hall–Kier alpha value is -3.19. The molecule has 7 heteroatoms. The van der Waals surface area contributed by atoms with Crippen LogP contribution in [0.25, 0.3) is 16.6 Å². The minimum absolute atomic E-state index is 0. The van der Waals surface area contributed by atoms with Crippen LogP contribution in [-0.4, -0.2) is 43.6 Å². The maximum Gasteiger partial charge on any atom is 0.255 e. The normalized spacial score (nSPS) is 13.8. The SMILES string of the molecule is CCN(C)C(C)(CC)c1cn2cc(NC(=O)c3ccc4c(cnn4C)c3)ccc2n1.[HH]. The monoisotopic (exact) mass is 406 g/mol. The third-order valence-corrected chi connectivity index (χ3v) is 6.27. The van der Waals surface area contributed by atoms with Gasteiger partial charge >= 0.3 is 0 Å². The number of pyridine rings is 1. The van der Waals surface area contributed by atoms with Crippen LogP contribution in [0.3, 0.4) is 0 Å². The highest BCUT2D eigenvalue weighted by atomic mass is 16.1. The van der Waals surface area contributed by atoms with E-state index in [1.54, 1.807) is 10.9 Å². The van der Waals surface area contributed by atoms with E-state index in [1.165, 1.54) is 0 Å². The Morgan fingerprint density at radius 3 is 2.77 bits per heavy atom. The van der Waals surface area contributed by atoms with Crippen molar-refractivity contribution in [1.29, 1.82) is 0 Å². The number of fused-ring (bicyclic) bond motifs is 2. The third kappa shape index (κ3) is 3.35. The Labute approximate surface area is 177 Å². The van der Waals surface area contributed by atoms with Crippen molar-refractivity contribution in [2.24, 2.45) is 7.05 Å². The molecule has 1 N–H and O–H groups in total. The molecule has 3 aromatic heterocycles. The molecule has 0 fully saturated rings. The molecule has 4 aromatic rings. The van der Waals surface area contributed by atoms with E-state index in [0.29, 0.717) is 5.56 Å². The van der Waals surface area contributed by atoms with Crippen LogP contribution in [0.2, 0.25) is 0 Å². The Morgan fingerprint density at radius 2 is 2.03 bits per heavy atom. The number of nitrogens with zero attached hydrogens (tertiary/aromatic N) is 5. The van der Waals surface area contributed by atoms with Gasteiger partial charge in [0.05, 0.1) is 28.6 Å². The van der Waals surface area contributed by atoms with E-state index in [4.69, 9.17) is 4.98 Å². The number of amides is 1. The minimum Gasteiger partial charge on any atom is -0.321 e. The van der Waals surface area contributed by atoms with Crippen LogP contribution in [0, 0.1) is 0 Å². The fourth-order valence-electron chi connectivity index (χ4n) is 3.83. The van der Waals surface area contributed by atoms with Gasteiger partial charge in [-0.25, -0.2) is 4.98 Å². The number of imidazole rings is 1. The average molecular weight is 407 g/mol. The number of rotatable bonds is 6. The number of aromatic nitrogens is 4. The lowest BCUT2D eigenvalue weighted by atomic mass is 9.93. The molecule has 0 bridgehead atoms. The molecule has 7 nitrogen and oxygen atoms in total. The van der Waals surface area contributed by atoms with Gasteiger partial charge < -0.3 is 9.72 Å². The summed E-state index contributed by atoms with van der Waals surface area (Å²) in [7, 11) is 4.01.